The van der Waals surface area contributed by atoms with Crippen LogP contribution in [0.25, 0.3) is 0 Å². The van der Waals surface area contributed by atoms with Gasteiger partial charge in [-0.1, -0.05) is 0 Å². The van der Waals surface area contributed by atoms with E-state index >= 15 is 0 Å². The zero-order chi connectivity index (χ0) is 13.1. The van der Waals surface area contributed by atoms with E-state index in [9.17, 15) is 4.79 Å². The lowest BCUT2D eigenvalue weighted by Gasteiger charge is -2.05. The van der Waals surface area contributed by atoms with Crippen molar-refractivity contribution in [1.29, 1.82) is 0 Å². The summed E-state index contributed by atoms with van der Waals surface area (Å²) in [6.07, 6.45) is 1.60. The predicted octanol–water partition coefficient (Wildman–Crippen LogP) is 1.08. The summed E-state index contributed by atoms with van der Waals surface area (Å²) >= 11 is 0. The molecule has 18 heavy (non-hydrogen) atoms. The number of nitrogens with two attached hydrogens (primary N) is 2. The van der Waals surface area contributed by atoms with Crippen LogP contribution in [0, 0.1) is 6.92 Å². The number of rotatable bonds is 3. The van der Waals surface area contributed by atoms with E-state index in [2.05, 4.69) is 10.3 Å². The van der Waals surface area contributed by atoms with Crippen molar-refractivity contribution in [2.24, 2.45) is 0 Å². The average Bonchev–Trinajstić information content (AvgIpc) is 2.70. The number of hydrogen-bond donors (Lipinski definition) is 3. The number of carbonyl (C=O) groups excluding carboxylic acids is 1. The van der Waals surface area contributed by atoms with Crippen LogP contribution in [-0.2, 0) is 6.54 Å². The Morgan fingerprint density at radius 3 is 2.56 bits per heavy atom. The Hall–Kier alpha value is -2.50. The monoisotopic (exact) mass is 246 g/mol. The topological polar surface area (TPSA) is 107 Å². The fourth-order valence-electron chi connectivity index (χ4n) is 1.55. The average molecular weight is 246 g/mol. The molecule has 0 atom stereocenters. The SMILES string of the molecule is Cc1cnc(CNC(=O)c2cc(N)cc(N)c2)o1. The van der Waals surface area contributed by atoms with Crippen molar-refractivity contribution in [3.05, 3.63) is 41.6 Å². The molecule has 2 rings (SSSR count). The second-order valence-corrected chi connectivity index (χ2v) is 3.94. The van der Waals surface area contributed by atoms with E-state index in [-0.39, 0.29) is 12.5 Å². The van der Waals surface area contributed by atoms with Crippen LogP contribution < -0.4 is 16.8 Å². The molecule has 1 heterocycles. The molecule has 0 radical (unpaired) electrons. The molecule has 5 N–H and O–H groups in total. The van der Waals surface area contributed by atoms with Crippen molar-refractivity contribution in [1.82, 2.24) is 10.3 Å². The molecule has 0 bridgehead atoms. The lowest BCUT2D eigenvalue weighted by Crippen LogP contribution is -2.23. The van der Waals surface area contributed by atoms with Gasteiger partial charge in [0.05, 0.1) is 12.7 Å². The Kier molecular flexibility index (Phi) is 3.18. The Morgan fingerprint density at radius 1 is 1.33 bits per heavy atom. The van der Waals surface area contributed by atoms with E-state index in [1.54, 1.807) is 31.3 Å². The van der Waals surface area contributed by atoms with E-state index in [0.717, 1.165) is 0 Å². The number of nitrogens with one attached hydrogen (secondary N) is 1. The lowest BCUT2D eigenvalue weighted by molar-refractivity contribution is 0.0947. The number of anilines is 2. The van der Waals surface area contributed by atoms with E-state index in [1.807, 2.05) is 0 Å². The maximum absolute atomic E-state index is 11.8. The van der Waals surface area contributed by atoms with E-state index in [1.165, 1.54) is 0 Å². The van der Waals surface area contributed by atoms with Gasteiger partial charge in [-0.2, -0.15) is 0 Å². The van der Waals surface area contributed by atoms with Gasteiger partial charge in [0.1, 0.15) is 5.76 Å². The molecule has 0 saturated heterocycles. The third-order valence-electron chi connectivity index (χ3n) is 2.31. The maximum Gasteiger partial charge on any atom is 0.251 e. The number of amides is 1. The van der Waals surface area contributed by atoms with Gasteiger partial charge < -0.3 is 21.2 Å². The molecule has 1 aromatic carbocycles. The quantitative estimate of drug-likeness (QED) is 0.702. The minimum atomic E-state index is -0.273. The number of hydrogen-bond acceptors (Lipinski definition) is 5. The minimum Gasteiger partial charge on any atom is -0.444 e. The molecule has 6 nitrogen and oxygen atoms in total. The van der Waals surface area contributed by atoms with Crippen molar-refractivity contribution in [3.63, 3.8) is 0 Å². The lowest BCUT2D eigenvalue weighted by atomic mass is 10.1. The number of nitrogen functional groups attached to an aromatic ring is 2. The van der Waals surface area contributed by atoms with Crippen molar-refractivity contribution in [3.8, 4) is 0 Å². The molecule has 0 fully saturated rings. The van der Waals surface area contributed by atoms with Gasteiger partial charge in [0.25, 0.3) is 5.91 Å². The second-order valence-electron chi connectivity index (χ2n) is 3.94. The number of oxazole rings is 1. The second kappa shape index (κ2) is 4.79. The Morgan fingerprint density at radius 2 is 2.00 bits per heavy atom. The summed E-state index contributed by atoms with van der Waals surface area (Å²) in [5.41, 5.74) is 12.5. The van der Waals surface area contributed by atoms with Gasteiger partial charge in [-0.15, -0.1) is 0 Å². The van der Waals surface area contributed by atoms with Crippen molar-refractivity contribution >= 4 is 17.3 Å². The van der Waals surface area contributed by atoms with Gasteiger partial charge in [0.2, 0.25) is 5.89 Å². The molecule has 0 unspecified atom stereocenters. The molecular weight excluding hydrogens is 232 g/mol. The van der Waals surface area contributed by atoms with Crippen LogP contribution in [0.2, 0.25) is 0 Å². The van der Waals surface area contributed by atoms with Crippen molar-refractivity contribution in [2.75, 3.05) is 11.5 Å². The molecule has 6 heteroatoms. The predicted molar refractivity (Wildman–Crippen MR) is 67.7 cm³/mol. The van der Waals surface area contributed by atoms with Crippen LogP contribution >= 0.6 is 0 Å². The summed E-state index contributed by atoms with van der Waals surface area (Å²) < 4.78 is 5.24. The molecule has 0 aliphatic rings. The maximum atomic E-state index is 11.8. The molecule has 1 aromatic heterocycles. The Labute approximate surface area is 104 Å². The van der Waals surface area contributed by atoms with Gasteiger partial charge in [-0.3, -0.25) is 4.79 Å². The summed E-state index contributed by atoms with van der Waals surface area (Å²) in [5.74, 6) is 0.884. The fraction of sp³-hybridized carbons (Fsp3) is 0.167. The highest BCUT2D eigenvalue weighted by atomic mass is 16.4. The number of nitrogens with zero attached hydrogens (tertiary/aromatic N) is 1. The van der Waals surface area contributed by atoms with E-state index in [0.29, 0.717) is 28.6 Å². The number of benzene rings is 1. The van der Waals surface area contributed by atoms with Crippen LogP contribution in [0.3, 0.4) is 0 Å². The first-order chi connectivity index (χ1) is 8.54. The summed E-state index contributed by atoms with van der Waals surface area (Å²) in [4.78, 5) is 15.8. The molecule has 0 aliphatic carbocycles. The highest BCUT2D eigenvalue weighted by molar-refractivity contribution is 5.96. The van der Waals surface area contributed by atoms with E-state index < -0.39 is 0 Å². The van der Waals surface area contributed by atoms with Gasteiger partial charge in [0.15, 0.2) is 0 Å². The number of aryl methyl sites for hydroxylation is 1. The Bertz CT molecular complexity index is 557. The van der Waals surface area contributed by atoms with Gasteiger partial charge >= 0.3 is 0 Å². The minimum absolute atomic E-state index is 0.224. The normalized spacial score (nSPS) is 10.3. The van der Waals surface area contributed by atoms with Crippen LogP contribution in [-0.4, -0.2) is 10.9 Å². The molecule has 0 aliphatic heterocycles. The van der Waals surface area contributed by atoms with Gasteiger partial charge in [0, 0.05) is 16.9 Å². The summed E-state index contributed by atoms with van der Waals surface area (Å²) in [7, 11) is 0. The zero-order valence-electron chi connectivity index (χ0n) is 9.93. The molecule has 0 spiro atoms. The molecule has 0 saturated carbocycles. The number of aromatic nitrogens is 1. The summed E-state index contributed by atoms with van der Waals surface area (Å²) in [6.45, 7) is 2.01. The zero-order valence-corrected chi connectivity index (χ0v) is 9.93. The molecule has 2 aromatic rings. The first-order valence-corrected chi connectivity index (χ1v) is 5.40. The third kappa shape index (κ3) is 2.79. The molecular formula is C12H14N4O2. The fourth-order valence-corrected chi connectivity index (χ4v) is 1.55. The van der Waals surface area contributed by atoms with Crippen LogP contribution in [0.5, 0.6) is 0 Å². The number of carbonyl (C=O) groups is 1. The van der Waals surface area contributed by atoms with Gasteiger partial charge in [-0.25, -0.2) is 4.98 Å². The molecule has 1 amide bonds. The largest absolute Gasteiger partial charge is 0.444 e. The molecule has 94 valence electrons. The smallest absolute Gasteiger partial charge is 0.251 e. The summed E-state index contributed by atoms with van der Waals surface area (Å²) in [6, 6.07) is 4.72. The first-order valence-electron chi connectivity index (χ1n) is 5.40. The highest BCUT2D eigenvalue weighted by Crippen LogP contribution is 2.13. The van der Waals surface area contributed by atoms with E-state index in [4.69, 9.17) is 15.9 Å². The summed E-state index contributed by atoms with van der Waals surface area (Å²) in [5, 5.41) is 2.68. The standard InChI is InChI=1S/C12H14N4O2/c1-7-5-15-11(18-7)6-16-12(17)8-2-9(13)4-10(14)3-8/h2-5H,6,13-14H2,1H3,(H,16,17). The first kappa shape index (κ1) is 12.0. The van der Waals surface area contributed by atoms with Crippen molar-refractivity contribution in [2.45, 2.75) is 13.5 Å². The van der Waals surface area contributed by atoms with Crippen LogP contribution in [0.4, 0.5) is 11.4 Å². The van der Waals surface area contributed by atoms with Crippen LogP contribution in [0.1, 0.15) is 22.0 Å². The highest BCUT2D eigenvalue weighted by Gasteiger charge is 2.08. The van der Waals surface area contributed by atoms with Crippen LogP contribution in [0.15, 0.2) is 28.8 Å². The van der Waals surface area contributed by atoms with Crippen molar-refractivity contribution < 1.29 is 9.21 Å². The van der Waals surface area contributed by atoms with Gasteiger partial charge in [-0.05, 0) is 25.1 Å². The third-order valence-corrected chi connectivity index (χ3v) is 2.31. The Balaban J connectivity index is 2.03.